The maximum Gasteiger partial charge on any atom is 0.259 e. The molecule has 0 radical (unpaired) electrons. The van der Waals surface area contributed by atoms with Crippen LogP contribution in [0.25, 0.3) is 11.4 Å². The molecular weight excluding hydrogens is 362 g/mol. The van der Waals surface area contributed by atoms with Gasteiger partial charge in [0.05, 0.1) is 12.7 Å². The largest absolute Gasteiger partial charge is 0.496 e. The molecule has 0 fully saturated rings. The first-order valence-corrected chi connectivity index (χ1v) is 9.33. The average Bonchev–Trinajstić information content (AvgIpc) is 3.12. The molecule has 0 unspecified atom stereocenters. The second-order valence-electron chi connectivity index (χ2n) is 6.56. The van der Waals surface area contributed by atoms with Gasteiger partial charge in [-0.25, -0.2) is 4.98 Å². The van der Waals surface area contributed by atoms with Crippen molar-refractivity contribution in [2.45, 2.75) is 25.8 Å². The number of halogens is 1. The number of aromatic nitrogens is 2. The third kappa shape index (κ3) is 3.55. The Morgan fingerprint density at radius 1 is 1.19 bits per heavy atom. The normalized spacial score (nSPS) is 13.1. The number of hydrogen-bond donors (Lipinski definition) is 1. The van der Waals surface area contributed by atoms with E-state index in [2.05, 4.69) is 14.9 Å². The quantitative estimate of drug-likeness (QED) is 0.706. The van der Waals surface area contributed by atoms with E-state index in [1.165, 1.54) is 25.6 Å². The summed E-state index contributed by atoms with van der Waals surface area (Å²) in [7, 11) is 1.53. The molecule has 6 heteroatoms. The lowest BCUT2D eigenvalue weighted by Crippen LogP contribution is -2.13. The van der Waals surface area contributed by atoms with Crippen molar-refractivity contribution in [2.24, 2.45) is 0 Å². The third-order valence-electron chi connectivity index (χ3n) is 4.81. The van der Waals surface area contributed by atoms with Gasteiger partial charge in [-0.2, -0.15) is 0 Å². The van der Waals surface area contributed by atoms with Crippen molar-refractivity contribution in [3.63, 3.8) is 0 Å². The Bertz CT molecular complexity index is 980. The van der Waals surface area contributed by atoms with Crippen molar-refractivity contribution >= 4 is 23.2 Å². The Morgan fingerprint density at radius 3 is 2.78 bits per heavy atom. The fourth-order valence-electron chi connectivity index (χ4n) is 3.43. The Kier molecular flexibility index (Phi) is 4.86. The molecule has 1 aliphatic heterocycles. The number of nitrogens with zero attached hydrogens (tertiary/aromatic N) is 2. The highest BCUT2D eigenvalue weighted by molar-refractivity contribution is 6.31. The number of carbonyl (C=O) groups excluding carboxylic acids is 1. The lowest BCUT2D eigenvalue weighted by molar-refractivity contribution is 0.102. The van der Waals surface area contributed by atoms with E-state index in [1.807, 2.05) is 30.5 Å². The van der Waals surface area contributed by atoms with E-state index in [9.17, 15) is 4.79 Å². The van der Waals surface area contributed by atoms with Crippen molar-refractivity contribution in [3.05, 3.63) is 64.9 Å². The number of fused-ring (bicyclic) bond motifs is 1. The fourth-order valence-corrected chi connectivity index (χ4v) is 3.60. The predicted octanol–water partition coefficient (Wildman–Crippen LogP) is 4.80. The van der Waals surface area contributed by atoms with Crippen LogP contribution in [0.5, 0.6) is 5.75 Å². The van der Waals surface area contributed by atoms with Crippen molar-refractivity contribution in [3.8, 4) is 17.1 Å². The van der Waals surface area contributed by atoms with E-state index < -0.39 is 0 Å². The van der Waals surface area contributed by atoms with Gasteiger partial charge in [0.25, 0.3) is 5.91 Å². The third-order valence-corrected chi connectivity index (χ3v) is 5.05. The monoisotopic (exact) mass is 381 g/mol. The van der Waals surface area contributed by atoms with Crippen LogP contribution in [0.2, 0.25) is 5.02 Å². The highest BCUT2D eigenvalue weighted by Crippen LogP contribution is 2.27. The Labute approximate surface area is 162 Å². The summed E-state index contributed by atoms with van der Waals surface area (Å²) in [4.78, 5) is 17.2. The van der Waals surface area contributed by atoms with Gasteiger partial charge in [0.15, 0.2) is 0 Å². The molecule has 4 rings (SSSR count). The number of benzene rings is 2. The molecule has 2 heterocycles. The minimum absolute atomic E-state index is 0.264. The molecule has 0 spiro atoms. The zero-order chi connectivity index (χ0) is 18.8. The molecule has 2 aromatic carbocycles. The number of carbonyl (C=O) groups is 1. The lowest BCUT2D eigenvalue weighted by atomic mass is 10.1. The molecule has 0 aliphatic carbocycles. The van der Waals surface area contributed by atoms with Gasteiger partial charge >= 0.3 is 0 Å². The topological polar surface area (TPSA) is 56.1 Å². The summed E-state index contributed by atoms with van der Waals surface area (Å²) in [5.41, 5.74) is 3.44. The number of anilines is 1. The Balaban J connectivity index is 1.54. The number of amides is 1. The minimum Gasteiger partial charge on any atom is -0.496 e. The van der Waals surface area contributed by atoms with Gasteiger partial charge < -0.3 is 14.6 Å². The standard InChI is InChI=1S/C21H20ClN3O2/c1-27-19-10-7-15(22)12-18(19)21(26)24-16-8-5-14(6-9-16)20-23-13-17-4-2-3-11-25(17)20/h5-10,12-13H,2-4,11H2,1H3,(H,24,26). The van der Waals surface area contributed by atoms with Crippen LogP contribution in [0.1, 0.15) is 28.9 Å². The van der Waals surface area contributed by atoms with Gasteiger partial charge in [-0.1, -0.05) is 11.6 Å². The molecule has 5 nitrogen and oxygen atoms in total. The molecule has 0 saturated heterocycles. The highest BCUT2D eigenvalue weighted by atomic mass is 35.5. The van der Waals surface area contributed by atoms with Crippen LogP contribution in [-0.2, 0) is 13.0 Å². The smallest absolute Gasteiger partial charge is 0.259 e. The van der Waals surface area contributed by atoms with E-state index in [0.29, 0.717) is 22.0 Å². The van der Waals surface area contributed by atoms with Gasteiger partial charge in [-0.3, -0.25) is 4.79 Å². The van der Waals surface area contributed by atoms with Crippen molar-refractivity contribution in [1.29, 1.82) is 0 Å². The number of ether oxygens (including phenoxy) is 1. The first-order chi connectivity index (χ1) is 13.2. The maximum absolute atomic E-state index is 12.6. The van der Waals surface area contributed by atoms with Crippen LogP contribution in [-0.4, -0.2) is 22.6 Å². The van der Waals surface area contributed by atoms with Crippen molar-refractivity contribution in [2.75, 3.05) is 12.4 Å². The number of aryl methyl sites for hydroxylation is 1. The summed E-state index contributed by atoms with van der Waals surface area (Å²) < 4.78 is 7.54. The SMILES string of the molecule is COc1ccc(Cl)cc1C(=O)Nc1ccc(-c2ncc3n2CCCC3)cc1. The molecule has 1 amide bonds. The van der Waals surface area contributed by atoms with Crippen LogP contribution >= 0.6 is 11.6 Å². The first kappa shape index (κ1) is 17.6. The molecule has 0 atom stereocenters. The van der Waals surface area contributed by atoms with Gasteiger partial charge in [0.1, 0.15) is 11.6 Å². The average molecular weight is 382 g/mol. The van der Waals surface area contributed by atoms with Crippen LogP contribution in [0.15, 0.2) is 48.7 Å². The van der Waals surface area contributed by atoms with Crippen molar-refractivity contribution in [1.82, 2.24) is 9.55 Å². The Hall–Kier alpha value is -2.79. The Morgan fingerprint density at radius 2 is 2.00 bits per heavy atom. The van der Waals surface area contributed by atoms with Crippen LogP contribution in [0.3, 0.4) is 0 Å². The summed E-state index contributed by atoms with van der Waals surface area (Å²) >= 11 is 6.01. The molecular formula is C21H20ClN3O2. The van der Waals surface area contributed by atoms with Gasteiger partial charge in [0, 0.05) is 34.7 Å². The lowest BCUT2D eigenvalue weighted by Gasteiger charge is -2.16. The zero-order valence-corrected chi connectivity index (χ0v) is 15.8. The van der Waals surface area contributed by atoms with Crippen LogP contribution in [0, 0.1) is 0 Å². The number of rotatable bonds is 4. The molecule has 0 bridgehead atoms. The number of nitrogens with one attached hydrogen (secondary N) is 1. The summed E-state index contributed by atoms with van der Waals surface area (Å²) in [6.07, 6.45) is 5.47. The van der Waals surface area contributed by atoms with Crippen LogP contribution in [0.4, 0.5) is 5.69 Å². The van der Waals surface area contributed by atoms with E-state index >= 15 is 0 Å². The summed E-state index contributed by atoms with van der Waals surface area (Å²) in [6, 6.07) is 12.7. The van der Waals surface area contributed by atoms with Gasteiger partial charge in [-0.15, -0.1) is 0 Å². The number of methoxy groups -OCH3 is 1. The maximum atomic E-state index is 12.6. The predicted molar refractivity (Wildman–Crippen MR) is 107 cm³/mol. The van der Waals surface area contributed by atoms with E-state index in [4.69, 9.17) is 16.3 Å². The highest BCUT2D eigenvalue weighted by Gasteiger charge is 2.16. The van der Waals surface area contributed by atoms with Gasteiger partial charge in [-0.05, 0) is 61.7 Å². The molecule has 1 aromatic heterocycles. The second-order valence-corrected chi connectivity index (χ2v) is 6.99. The molecule has 1 aliphatic rings. The summed E-state index contributed by atoms with van der Waals surface area (Å²) in [5, 5.41) is 3.38. The molecule has 3 aromatic rings. The summed E-state index contributed by atoms with van der Waals surface area (Å²) in [6.45, 7) is 1.01. The van der Waals surface area contributed by atoms with Crippen LogP contribution < -0.4 is 10.1 Å². The first-order valence-electron chi connectivity index (χ1n) is 8.95. The zero-order valence-electron chi connectivity index (χ0n) is 15.0. The summed E-state index contributed by atoms with van der Waals surface area (Å²) in [5.74, 6) is 1.21. The van der Waals surface area contributed by atoms with Crippen molar-refractivity contribution < 1.29 is 9.53 Å². The van der Waals surface area contributed by atoms with E-state index in [-0.39, 0.29) is 5.91 Å². The molecule has 138 valence electrons. The molecule has 27 heavy (non-hydrogen) atoms. The number of imidazole rings is 1. The molecule has 1 N–H and O–H groups in total. The second kappa shape index (κ2) is 7.45. The van der Waals surface area contributed by atoms with E-state index in [1.54, 1.807) is 18.2 Å². The molecule has 0 saturated carbocycles. The fraction of sp³-hybridized carbons (Fsp3) is 0.238. The van der Waals surface area contributed by atoms with E-state index in [0.717, 1.165) is 24.4 Å². The minimum atomic E-state index is -0.264. The van der Waals surface area contributed by atoms with Gasteiger partial charge in [0.2, 0.25) is 0 Å². The number of hydrogen-bond acceptors (Lipinski definition) is 3.